The first-order valence-corrected chi connectivity index (χ1v) is 6.89. The Morgan fingerprint density at radius 1 is 1.16 bits per heavy atom. The molecule has 3 nitrogen and oxygen atoms in total. The van der Waals surface area contributed by atoms with Crippen LogP contribution in [0.1, 0.15) is 35.1 Å². The third-order valence-electron chi connectivity index (χ3n) is 3.61. The summed E-state index contributed by atoms with van der Waals surface area (Å²) in [4.78, 5) is 4.31. The van der Waals surface area contributed by atoms with Gasteiger partial charge >= 0.3 is 0 Å². The second kappa shape index (κ2) is 6.02. The molecule has 0 aromatic carbocycles. The minimum atomic E-state index is 0.864. The van der Waals surface area contributed by atoms with Gasteiger partial charge in [0, 0.05) is 42.9 Å². The molecule has 0 spiro atoms. The zero-order valence-electron chi connectivity index (χ0n) is 12.3. The second-order valence-corrected chi connectivity index (χ2v) is 5.05. The largest absolute Gasteiger partial charge is 0.349 e. The summed E-state index contributed by atoms with van der Waals surface area (Å²) in [6.45, 7) is 11.4. The number of nitrogens with one attached hydrogen (secondary N) is 1. The predicted octanol–water partition coefficient (Wildman–Crippen LogP) is 3.12. The lowest BCUT2D eigenvalue weighted by Crippen LogP contribution is -2.13. The highest BCUT2D eigenvalue weighted by Gasteiger charge is 2.06. The highest BCUT2D eigenvalue weighted by atomic mass is 15.0. The molecule has 3 heteroatoms. The molecule has 2 aromatic rings. The molecule has 0 unspecified atom stereocenters. The van der Waals surface area contributed by atoms with Gasteiger partial charge in [0.15, 0.2) is 0 Å². The molecule has 0 bridgehead atoms. The lowest BCUT2D eigenvalue weighted by Gasteiger charge is -2.07. The molecule has 2 heterocycles. The Morgan fingerprint density at radius 3 is 2.53 bits per heavy atom. The van der Waals surface area contributed by atoms with Gasteiger partial charge in [0.1, 0.15) is 0 Å². The highest BCUT2D eigenvalue weighted by Crippen LogP contribution is 2.14. The Morgan fingerprint density at radius 2 is 1.95 bits per heavy atom. The Labute approximate surface area is 115 Å². The number of rotatable bonds is 5. The molecule has 0 aliphatic carbocycles. The van der Waals surface area contributed by atoms with E-state index in [2.05, 4.69) is 53.8 Å². The van der Waals surface area contributed by atoms with E-state index in [-0.39, 0.29) is 0 Å². The molecule has 0 aliphatic rings. The lowest BCUT2D eigenvalue weighted by molar-refractivity contribution is 0.674. The van der Waals surface area contributed by atoms with Crippen molar-refractivity contribution in [2.45, 2.75) is 47.3 Å². The van der Waals surface area contributed by atoms with Crippen molar-refractivity contribution in [3.05, 3.63) is 52.6 Å². The first-order chi connectivity index (χ1) is 9.11. The summed E-state index contributed by atoms with van der Waals surface area (Å²) in [5.74, 6) is 0. The van der Waals surface area contributed by atoms with Crippen LogP contribution in [0.3, 0.4) is 0 Å². The van der Waals surface area contributed by atoms with Crippen LogP contribution in [0.5, 0.6) is 0 Å². The van der Waals surface area contributed by atoms with Crippen LogP contribution in [0.15, 0.2) is 24.4 Å². The highest BCUT2D eigenvalue weighted by molar-refractivity contribution is 5.26. The maximum absolute atomic E-state index is 4.31. The quantitative estimate of drug-likeness (QED) is 0.892. The molecule has 0 fully saturated rings. The van der Waals surface area contributed by atoms with Gasteiger partial charge < -0.3 is 9.88 Å². The van der Waals surface area contributed by atoms with Crippen LogP contribution < -0.4 is 5.32 Å². The van der Waals surface area contributed by atoms with Crippen molar-refractivity contribution < 1.29 is 0 Å². The molecule has 0 atom stereocenters. The summed E-state index contributed by atoms with van der Waals surface area (Å²) in [7, 11) is 0. The number of aromatic nitrogens is 2. The van der Waals surface area contributed by atoms with Gasteiger partial charge in [-0.3, -0.25) is 4.98 Å². The van der Waals surface area contributed by atoms with E-state index in [1.54, 1.807) is 0 Å². The summed E-state index contributed by atoms with van der Waals surface area (Å²) in [6.07, 6.45) is 1.94. The number of pyridine rings is 1. The maximum atomic E-state index is 4.31. The van der Waals surface area contributed by atoms with Gasteiger partial charge in [-0.15, -0.1) is 0 Å². The summed E-state index contributed by atoms with van der Waals surface area (Å²) < 4.78 is 2.35. The van der Waals surface area contributed by atoms with Crippen molar-refractivity contribution in [1.29, 1.82) is 0 Å². The van der Waals surface area contributed by atoms with E-state index in [4.69, 9.17) is 0 Å². The monoisotopic (exact) mass is 257 g/mol. The summed E-state index contributed by atoms with van der Waals surface area (Å²) in [5.41, 5.74) is 6.40. The second-order valence-electron chi connectivity index (χ2n) is 5.05. The number of nitrogens with zero attached hydrogens (tertiary/aromatic N) is 2. The molecular weight excluding hydrogens is 234 g/mol. The zero-order valence-corrected chi connectivity index (χ0v) is 12.3. The van der Waals surface area contributed by atoms with Gasteiger partial charge in [-0.05, 0) is 51.0 Å². The van der Waals surface area contributed by atoms with Gasteiger partial charge in [-0.2, -0.15) is 0 Å². The van der Waals surface area contributed by atoms with E-state index in [1.165, 1.54) is 22.5 Å². The van der Waals surface area contributed by atoms with Crippen LogP contribution in [0.4, 0.5) is 0 Å². The molecule has 0 saturated carbocycles. The van der Waals surface area contributed by atoms with Gasteiger partial charge in [0.25, 0.3) is 0 Å². The third kappa shape index (κ3) is 3.24. The van der Waals surface area contributed by atoms with Crippen molar-refractivity contribution in [1.82, 2.24) is 14.9 Å². The molecule has 0 aliphatic heterocycles. The molecule has 102 valence electrons. The Kier molecular flexibility index (Phi) is 4.38. The Balaban J connectivity index is 1.94. The van der Waals surface area contributed by atoms with Gasteiger partial charge in [-0.1, -0.05) is 6.07 Å². The third-order valence-corrected chi connectivity index (χ3v) is 3.61. The van der Waals surface area contributed by atoms with Gasteiger partial charge in [0.2, 0.25) is 0 Å². The van der Waals surface area contributed by atoms with Crippen molar-refractivity contribution in [2.75, 3.05) is 0 Å². The van der Waals surface area contributed by atoms with E-state index in [9.17, 15) is 0 Å². The fraction of sp³-hybridized carbons (Fsp3) is 0.438. The van der Waals surface area contributed by atoms with Gasteiger partial charge in [-0.25, -0.2) is 0 Å². The topological polar surface area (TPSA) is 29.9 Å². The molecule has 2 aromatic heterocycles. The fourth-order valence-electron chi connectivity index (χ4n) is 2.48. The van der Waals surface area contributed by atoms with Crippen LogP contribution in [0, 0.1) is 20.8 Å². The van der Waals surface area contributed by atoms with E-state index in [0.717, 1.165) is 25.3 Å². The number of hydrogen-bond donors (Lipinski definition) is 1. The molecule has 19 heavy (non-hydrogen) atoms. The van der Waals surface area contributed by atoms with Crippen molar-refractivity contribution in [2.24, 2.45) is 0 Å². The Bertz CT molecular complexity index is 538. The Hall–Kier alpha value is -1.61. The normalized spacial score (nSPS) is 10.9. The number of hydrogen-bond acceptors (Lipinski definition) is 2. The smallest absolute Gasteiger partial charge is 0.0372 e. The van der Waals surface area contributed by atoms with Crippen molar-refractivity contribution in [3.63, 3.8) is 0 Å². The average Bonchev–Trinajstić information content (AvgIpc) is 2.66. The van der Waals surface area contributed by atoms with Crippen LogP contribution in [-0.4, -0.2) is 9.55 Å². The maximum Gasteiger partial charge on any atom is 0.0372 e. The van der Waals surface area contributed by atoms with Crippen LogP contribution in [0.25, 0.3) is 0 Å². The van der Waals surface area contributed by atoms with Gasteiger partial charge in [0.05, 0.1) is 0 Å². The van der Waals surface area contributed by atoms with Crippen LogP contribution in [-0.2, 0) is 19.6 Å². The molecule has 2 rings (SSSR count). The summed E-state index contributed by atoms with van der Waals surface area (Å²) in [5, 5.41) is 3.49. The zero-order chi connectivity index (χ0) is 13.8. The standard InChI is InChI=1S/C16H23N3/c1-5-19-13(3)8-16(14(19)4)11-17-9-15-7-6-12(2)18-10-15/h6-8,10,17H,5,9,11H2,1-4H3. The van der Waals surface area contributed by atoms with E-state index in [1.807, 2.05) is 13.1 Å². The fourth-order valence-corrected chi connectivity index (χ4v) is 2.48. The summed E-state index contributed by atoms with van der Waals surface area (Å²) >= 11 is 0. The van der Waals surface area contributed by atoms with Crippen molar-refractivity contribution >= 4 is 0 Å². The van der Waals surface area contributed by atoms with Crippen LogP contribution in [0.2, 0.25) is 0 Å². The molecule has 1 N–H and O–H groups in total. The number of aryl methyl sites for hydroxylation is 2. The average molecular weight is 257 g/mol. The van der Waals surface area contributed by atoms with Crippen molar-refractivity contribution in [3.8, 4) is 0 Å². The minimum absolute atomic E-state index is 0.864. The molecular formula is C16H23N3. The molecule has 0 amide bonds. The first kappa shape index (κ1) is 13.8. The minimum Gasteiger partial charge on any atom is -0.349 e. The first-order valence-electron chi connectivity index (χ1n) is 6.89. The molecule has 0 saturated heterocycles. The SMILES string of the molecule is CCn1c(C)cc(CNCc2ccc(C)nc2)c1C. The van der Waals surface area contributed by atoms with E-state index >= 15 is 0 Å². The summed E-state index contributed by atoms with van der Waals surface area (Å²) in [6, 6.07) is 6.46. The lowest BCUT2D eigenvalue weighted by atomic mass is 10.2. The predicted molar refractivity (Wildman–Crippen MR) is 79.1 cm³/mol. The van der Waals surface area contributed by atoms with E-state index in [0.29, 0.717) is 0 Å². The van der Waals surface area contributed by atoms with Crippen LogP contribution >= 0.6 is 0 Å². The van der Waals surface area contributed by atoms with E-state index < -0.39 is 0 Å². The molecule has 0 radical (unpaired) electrons.